The predicted octanol–water partition coefficient (Wildman–Crippen LogP) is 3.95. The number of aliphatic imine (C=N–C) groups is 2. The number of nitrogens with zero attached hydrogens (tertiary/aromatic N) is 2. The predicted molar refractivity (Wildman–Crippen MR) is 157 cm³/mol. The summed E-state index contributed by atoms with van der Waals surface area (Å²) in [5, 5.41) is 6.27. The maximum Gasteiger partial charge on any atom is 0.407 e. The Morgan fingerprint density at radius 3 is 2.73 bits per heavy atom. The van der Waals surface area contributed by atoms with E-state index in [1.807, 2.05) is 27.7 Å². The van der Waals surface area contributed by atoms with Gasteiger partial charge < -0.3 is 24.5 Å². The van der Waals surface area contributed by atoms with Crippen molar-refractivity contribution < 1.29 is 23.5 Å². The summed E-state index contributed by atoms with van der Waals surface area (Å²) in [4.78, 5) is 46.4. The third-order valence-electron chi connectivity index (χ3n) is 6.23. The number of rotatable bonds is 14. The highest BCUT2D eigenvalue weighted by Crippen LogP contribution is 2.31. The van der Waals surface area contributed by atoms with Crippen LogP contribution in [0.5, 0.6) is 5.75 Å². The Kier molecular flexibility index (Phi) is 11.2. The van der Waals surface area contributed by atoms with Gasteiger partial charge in [-0.25, -0.2) is 14.6 Å². The molecule has 0 bridgehead atoms. The van der Waals surface area contributed by atoms with Crippen molar-refractivity contribution in [3.05, 3.63) is 28.3 Å². The Bertz CT molecular complexity index is 1160. The molecule has 2 amide bonds. The van der Waals surface area contributed by atoms with E-state index in [1.165, 1.54) is 17.8 Å². The fraction of sp³-hybridized carbons (Fsp3) is 0.679. The third kappa shape index (κ3) is 10.3. The van der Waals surface area contributed by atoms with Gasteiger partial charge in [-0.1, -0.05) is 19.8 Å². The summed E-state index contributed by atoms with van der Waals surface area (Å²) in [6.45, 7) is 10.8. The van der Waals surface area contributed by atoms with E-state index in [0.29, 0.717) is 60.7 Å². The maximum absolute atomic E-state index is 13.3. The van der Waals surface area contributed by atoms with Crippen molar-refractivity contribution in [2.75, 3.05) is 25.4 Å². The number of hydrogen-bond acceptors (Lipinski definition) is 10. The second kappa shape index (κ2) is 14.2. The van der Waals surface area contributed by atoms with Crippen molar-refractivity contribution in [3.63, 3.8) is 0 Å². The van der Waals surface area contributed by atoms with E-state index in [9.17, 15) is 14.4 Å². The number of nitrogens with one attached hydrogen (secondary N) is 2. The van der Waals surface area contributed by atoms with E-state index < -0.39 is 34.9 Å². The lowest BCUT2D eigenvalue weighted by molar-refractivity contribution is -0.126. The summed E-state index contributed by atoms with van der Waals surface area (Å²) < 4.78 is 16.5. The van der Waals surface area contributed by atoms with Gasteiger partial charge in [0.25, 0.3) is 5.91 Å². The van der Waals surface area contributed by atoms with E-state index in [-0.39, 0.29) is 5.75 Å². The van der Waals surface area contributed by atoms with Crippen molar-refractivity contribution in [2.24, 2.45) is 21.6 Å². The lowest BCUT2D eigenvalue weighted by Crippen LogP contribution is -2.54. The number of amides is 2. The van der Waals surface area contributed by atoms with Crippen LogP contribution in [0.4, 0.5) is 4.79 Å². The zero-order valence-corrected chi connectivity index (χ0v) is 25.0. The lowest BCUT2D eigenvalue weighted by atomic mass is 10.1. The van der Waals surface area contributed by atoms with Crippen LogP contribution in [0.25, 0.3) is 0 Å². The minimum Gasteiger partial charge on any atom is -0.493 e. The number of nitrogens with two attached hydrogens (primary N) is 1. The van der Waals surface area contributed by atoms with Crippen LogP contribution in [0.2, 0.25) is 0 Å². The number of hydrogen-bond donors (Lipinski definition) is 3. The summed E-state index contributed by atoms with van der Waals surface area (Å²) >= 11 is 1.37. The van der Waals surface area contributed by atoms with Crippen LogP contribution in [0, 0.1) is 5.92 Å². The summed E-state index contributed by atoms with van der Waals surface area (Å²) in [6, 6.07) is 2.47. The van der Waals surface area contributed by atoms with Gasteiger partial charge in [0.15, 0.2) is 5.66 Å². The zero-order chi connectivity index (χ0) is 29.3. The van der Waals surface area contributed by atoms with Gasteiger partial charge in [-0.05, 0) is 59.3 Å². The number of ether oxygens (including phenoxy) is 2. The molecule has 0 saturated heterocycles. The molecule has 1 fully saturated rings. The molecule has 0 aromatic carbocycles. The molecule has 3 rings (SSSR count). The van der Waals surface area contributed by atoms with E-state index in [4.69, 9.17) is 19.6 Å². The molecule has 1 aromatic rings. The molecule has 0 unspecified atom stereocenters. The Morgan fingerprint density at radius 1 is 1.30 bits per heavy atom. The van der Waals surface area contributed by atoms with Crippen LogP contribution >= 0.6 is 11.8 Å². The van der Waals surface area contributed by atoms with E-state index in [0.717, 1.165) is 25.7 Å². The second-order valence-corrected chi connectivity index (χ2v) is 12.3. The van der Waals surface area contributed by atoms with Gasteiger partial charge in [0.1, 0.15) is 22.2 Å². The number of carbonyl (C=O) groups is 2. The molecular weight excluding hydrogens is 534 g/mol. The number of alkyl carbamates (subject to hydrolysis) is 1. The van der Waals surface area contributed by atoms with Crippen LogP contribution in [-0.4, -0.2) is 59.5 Å². The minimum atomic E-state index is -1.47. The van der Waals surface area contributed by atoms with Crippen molar-refractivity contribution in [1.82, 2.24) is 10.6 Å². The fourth-order valence-corrected chi connectivity index (χ4v) is 4.88. The van der Waals surface area contributed by atoms with Gasteiger partial charge in [-0.2, -0.15) is 0 Å². The standard InChI is InChI=1S/C28H43N5O6S/c1-6-7-9-21(22-14-20(15-23(34)38-22)37-16-19-10-11-19)32-25(35)28(29)17-40-24(33-28)18(2)30-12-8-13-31-26(36)39-27(3,4)5/h14-15,19,21H,6-13,16-17,29H2,1-5H3,(H,31,36)(H,32,35)/b30-18+/t21-,28+/m1/s1. The molecule has 40 heavy (non-hydrogen) atoms. The molecule has 222 valence electrons. The monoisotopic (exact) mass is 577 g/mol. The molecule has 2 aliphatic rings. The summed E-state index contributed by atoms with van der Waals surface area (Å²) in [6.07, 6.45) is 4.74. The highest BCUT2D eigenvalue weighted by molar-refractivity contribution is 8.16. The van der Waals surface area contributed by atoms with Gasteiger partial charge in [-0.15, -0.1) is 11.8 Å². The number of carbonyl (C=O) groups excluding carboxylic acids is 2. The maximum atomic E-state index is 13.3. The molecule has 2 heterocycles. The van der Waals surface area contributed by atoms with Gasteiger partial charge in [-0.3, -0.25) is 15.5 Å². The van der Waals surface area contributed by atoms with E-state index >= 15 is 0 Å². The second-order valence-electron chi connectivity index (χ2n) is 11.3. The number of thioether (sulfide) groups is 1. The van der Waals surface area contributed by atoms with Crippen LogP contribution in [-0.2, 0) is 9.53 Å². The van der Waals surface area contributed by atoms with Crippen molar-refractivity contribution in [1.29, 1.82) is 0 Å². The topological polar surface area (TPSA) is 158 Å². The SMILES string of the molecule is CCCC[C@@H](NC(=O)[C@]1(N)CSC(/C(C)=N/CCCNC(=O)OC(C)(C)C)=N1)c1cc(OCC2CC2)cc(=O)o1. The van der Waals surface area contributed by atoms with Crippen molar-refractivity contribution >= 4 is 34.5 Å². The molecule has 1 aliphatic heterocycles. The van der Waals surface area contributed by atoms with Crippen molar-refractivity contribution in [2.45, 2.75) is 90.4 Å². The summed E-state index contributed by atoms with van der Waals surface area (Å²) in [5.41, 5.74) is 4.58. The van der Waals surface area contributed by atoms with Crippen LogP contribution in [0.15, 0.2) is 31.3 Å². The first-order valence-corrected chi connectivity index (χ1v) is 15.0. The Labute approximate surface area is 240 Å². The molecule has 12 heteroatoms. The third-order valence-corrected chi connectivity index (χ3v) is 7.47. The van der Waals surface area contributed by atoms with Crippen LogP contribution < -0.4 is 26.7 Å². The highest BCUT2D eigenvalue weighted by Gasteiger charge is 2.41. The molecule has 1 saturated carbocycles. The Balaban J connectivity index is 1.59. The average molecular weight is 578 g/mol. The molecule has 1 aliphatic carbocycles. The normalized spacial score (nSPS) is 20.1. The molecule has 11 nitrogen and oxygen atoms in total. The highest BCUT2D eigenvalue weighted by atomic mass is 32.2. The van der Waals surface area contributed by atoms with Gasteiger partial charge in [0, 0.05) is 24.9 Å². The first-order chi connectivity index (χ1) is 18.9. The van der Waals surface area contributed by atoms with E-state index in [1.54, 1.807) is 6.07 Å². The summed E-state index contributed by atoms with van der Waals surface area (Å²) in [7, 11) is 0. The molecule has 2 atom stereocenters. The van der Waals surface area contributed by atoms with Crippen LogP contribution in [0.3, 0.4) is 0 Å². The zero-order valence-electron chi connectivity index (χ0n) is 24.2. The lowest BCUT2D eigenvalue weighted by Gasteiger charge is -2.24. The Morgan fingerprint density at radius 2 is 2.05 bits per heavy atom. The molecule has 0 spiro atoms. The Hall–Kier alpha value is -2.86. The summed E-state index contributed by atoms with van der Waals surface area (Å²) in [5.74, 6) is 1.14. The minimum absolute atomic E-state index is 0.260. The largest absolute Gasteiger partial charge is 0.493 e. The van der Waals surface area contributed by atoms with E-state index in [2.05, 4.69) is 27.5 Å². The van der Waals surface area contributed by atoms with Gasteiger partial charge >= 0.3 is 11.7 Å². The molecule has 1 aromatic heterocycles. The number of unbranched alkanes of at least 4 members (excludes halogenated alkanes) is 1. The quantitative estimate of drug-likeness (QED) is 0.222. The van der Waals surface area contributed by atoms with Gasteiger partial charge in [0.05, 0.1) is 24.4 Å². The molecule has 4 N–H and O–H groups in total. The van der Waals surface area contributed by atoms with Gasteiger partial charge in [0.2, 0.25) is 0 Å². The first-order valence-electron chi connectivity index (χ1n) is 14.0. The van der Waals surface area contributed by atoms with Crippen LogP contribution in [0.1, 0.15) is 84.9 Å². The average Bonchev–Trinajstić information content (AvgIpc) is 3.62. The molecular formula is C28H43N5O6S. The fourth-order valence-electron chi connectivity index (χ4n) is 3.83. The first kappa shape index (κ1) is 31.7. The van der Waals surface area contributed by atoms with Crippen molar-refractivity contribution in [3.8, 4) is 5.75 Å². The molecule has 0 radical (unpaired) electrons. The smallest absolute Gasteiger partial charge is 0.407 e.